The minimum atomic E-state index is 0.0598. The molecule has 1 amide bonds. The Bertz CT molecular complexity index is 531. The molecule has 32 heavy (non-hydrogen) atoms. The smallest absolute Gasteiger partial charge is 0.221 e. The maximum absolute atomic E-state index is 11.5. The van der Waals surface area contributed by atoms with Crippen LogP contribution >= 0.6 is 0 Å². The van der Waals surface area contributed by atoms with Crippen LogP contribution < -0.4 is 5.32 Å². The van der Waals surface area contributed by atoms with E-state index in [2.05, 4.69) is 44.5 Å². The zero-order chi connectivity index (χ0) is 23.5. The van der Waals surface area contributed by atoms with Crippen molar-refractivity contribution in [3.63, 3.8) is 0 Å². The second-order valence-corrected chi connectivity index (χ2v) is 9.84. The van der Waals surface area contributed by atoms with Crippen molar-refractivity contribution >= 4 is 12.1 Å². The number of hydrogen-bond acceptors (Lipinski definition) is 2. The molecule has 1 aliphatic heterocycles. The zero-order valence-corrected chi connectivity index (χ0v) is 21.9. The molecule has 1 N–H and O–H groups in total. The minimum Gasteiger partial charge on any atom is -0.307 e. The first-order valence-electron chi connectivity index (χ1n) is 13.9. The lowest BCUT2D eigenvalue weighted by Crippen LogP contribution is -2.63. The Morgan fingerprint density at radius 1 is 0.938 bits per heavy atom. The molecule has 3 unspecified atom stereocenters. The number of carbonyl (C=O) groups excluding carboxylic acids is 1. The summed E-state index contributed by atoms with van der Waals surface area (Å²) in [4.78, 5) is 16.3. The highest BCUT2D eigenvalue weighted by molar-refractivity contribution is 5.73. The first-order valence-corrected chi connectivity index (χ1v) is 13.9. The summed E-state index contributed by atoms with van der Waals surface area (Å²) in [5.74, 6) is 0.0598. The Hall–Kier alpha value is -1.16. The third kappa shape index (κ3) is 11.6. The van der Waals surface area contributed by atoms with E-state index >= 15 is 0 Å². The lowest BCUT2D eigenvalue weighted by Gasteiger charge is -2.42. The van der Waals surface area contributed by atoms with Crippen LogP contribution in [0.2, 0.25) is 0 Å². The highest BCUT2D eigenvalue weighted by Crippen LogP contribution is 2.27. The molecule has 0 fully saturated rings. The number of amides is 1. The topological polar surface area (TPSA) is 41.5 Å². The molecule has 0 aromatic heterocycles. The molecule has 4 heteroatoms. The molecule has 0 aromatic carbocycles. The van der Waals surface area contributed by atoms with Crippen LogP contribution in [0.25, 0.3) is 0 Å². The molecule has 1 rings (SSSR count). The fourth-order valence-electron chi connectivity index (χ4n) is 5.18. The molecule has 0 aromatic rings. The quantitative estimate of drug-likeness (QED) is 0.117. The lowest BCUT2D eigenvalue weighted by atomic mass is 10.0. The fourth-order valence-corrected chi connectivity index (χ4v) is 5.18. The van der Waals surface area contributed by atoms with E-state index in [1.807, 2.05) is 0 Å². The minimum absolute atomic E-state index is 0.0598. The average molecular weight is 449 g/mol. The first kappa shape index (κ1) is 28.9. The van der Waals surface area contributed by atoms with Crippen LogP contribution in [-0.2, 0) is 4.79 Å². The summed E-state index contributed by atoms with van der Waals surface area (Å²) < 4.78 is 0.884. The predicted molar refractivity (Wildman–Crippen MR) is 140 cm³/mol. The van der Waals surface area contributed by atoms with Gasteiger partial charge in [-0.3, -0.25) is 9.28 Å². The van der Waals surface area contributed by atoms with Gasteiger partial charge in [0.05, 0.1) is 12.8 Å². The Kier molecular flexibility index (Phi) is 16.5. The summed E-state index contributed by atoms with van der Waals surface area (Å²) in [5, 5.41) is 3.12. The molecule has 0 saturated heterocycles. The molecule has 1 aliphatic rings. The van der Waals surface area contributed by atoms with Gasteiger partial charge in [-0.1, -0.05) is 89.7 Å². The standard InChI is InChI=1S/C28H53N3O/c1-5-7-8-9-10-11-12-13-14-15-16-17-18-19-20-21-22-23-28-29-24-25-31(28,6-2)26(3)30-27(4)32/h7-8,24,26,28H,5-6,9-23,25H2,1-4H3/p+1/b8-7+. The number of nitrogens with one attached hydrogen (secondary N) is 1. The molecule has 0 aliphatic carbocycles. The Balaban J connectivity index is 1.97. The number of hydrogen-bond donors (Lipinski definition) is 1. The maximum atomic E-state index is 11.5. The van der Waals surface area contributed by atoms with Crippen molar-refractivity contribution in [2.75, 3.05) is 13.1 Å². The van der Waals surface area contributed by atoms with E-state index in [-0.39, 0.29) is 12.1 Å². The van der Waals surface area contributed by atoms with E-state index in [1.54, 1.807) is 6.92 Å². The second-order valence-electron chi connectivity index (χ2n) is 9.84. The molecular weight excluding hydrogens is 394 g/mol. The highest BCUT2D eigenvalue weighted by Gasteiger charge is 2.42. The Labute approximate surface area is 199 Å². The van der Waals surface area contributed by atoms with Gasteiger partial charge in [0.2, 0.25) is 5.91 Å². The van der Waals surface area contributed by atoms with Crippen molar-refractivity contribution < 1.29 is 9.28 Å². The molecule has 0 radical (unpaired) electrons. The van der Waals surface area contributed by atoms with Crippen molar-refractivity contribution in [1.82, 2.24) is 5.32 Å². The SMILES string of the molecule is CC/C=C/CCCCCCCCCCCCCCCC1N=CC[N+]1(CC)C(C)NC(C)=O. The van der Waals surface area contributed by atoms with Crippen LogP contribution in [0, 0.1) is 0 Å². The monoisotopic (exact) mass is 448 g/mol. The molecule has 4 nitrogen and oxygen atoms in total. The third-order valence-corrected chi connectivity index (χ3v) is 7.30. The average Bonchev–Trinajstić information content (AvgIpc) is 3.19. The third-order valence-electron chi connectivity index (χ3n) is 7.30. The number of aliphatic imine (C=N–C) groups is 1. The number of allylic oxidation sites excluding steroid dienone is 2. The number of carbonyl (C=O) groups is 1. The van der Waals surface area contributed by atoms with Gasteiger partial charge in [-0.05, 0) is 32.6 Å². The molecular formula is C28H54N3O+. The summed E-state index contributed by atoms with van der Waals surface area (Å²) in [5.41, 5.74) is 0. The van der Waals surface area contributed by atoms with E-state index in [9.17, 15) is 4.79 Å². The van der Waals surface area contributed by atoms with Gasteiger partial charge in [-0.25, -0.2) is 4.99 Å². The van der Waals surface area contributed by atoms with Crippen LogP contribution in [-0.4, -0.2) is 42.0 Å². The van der Waals surface area contributed by atoms with E-state index in [0.717, 1.165) is 24.0 Å². The fraction of sp³-hybridized carbons (Fsp3) is 0.857. The van der Waals surface area contributed by atoms with E-state index in [1.165, 1.54) is 96.3 Å². The van der Waals surface area contributed by atoms with Crippen LogP contribution in [0.3, 0.4) is 0 Å². The van der Waals surface area contributed by atoms with Gasteiger partial charge in [0.15, 0.2) is 12.3 Å². The summed E-state index contributed by atoms with van der Waals surface area (Å²) in [6.07, 6.45) is 28.8. The van der Waals surface area contributed by atoms with Gasteiger partial charge in [0, 0.05) is 20.3 Å². The number of quaternary nitrogens is 1. The number of nitrogens with zero attached hydrogens (tertiary/aromatic N) is 2. The van der Waals surface area contributed by atoms with Crippen molar-refractivity contribution in [3.8, 4) is 0 Å². The molecule has 1 heterocycles. The highest BCUT2D eigenvalue weighted by atomic mass is 16.1. The van der Waals surface area contributed by atoms with Gasteiger partial charge >= 0.3 is 0 Å². The second kappa shape index (κ2) is 18.3. The lowest BCUT2D eigenvalue weighted by molar-refractivity contribution is -0.959. The molecule has 0 spiro atoms. The van der Waals surface area contributed by atoms with Crippen molar-refractivity contribution in [3.05, 3.63) is 12.2 Å². The first-order chi connectivity index (χ1) is 15.6. The predicted octanol–water partition coefficient (Wildman–Crippen LogP) is 7.53. The maximum Gasteiger partial charge on any atom is 0.221 e. The van der Waals surface area contributed by atoms with Crippen LogP contribution in [0.1, 0.15) is 130 Å². The van der Waals surface area contributed by atoms with Gasteiger partial charge < -0.3 is 5.32 Å². The molecule has 186 valence electrons. The normalized spacial score (nSPS) is 21.4. The molecule has 0 saturated carbocycles. The van der Waals surface area contributed by atoms with Crippen LogP contribution in [0.5, 0.6) is 0 Å². The van der Waals surface area contributed by atoms with E-state index in [0.29, 0.717) is 6.17 Å². The van der Waals surface area contributed by atoms with Gasteiger partial charge in [0.25, 0.3) is 0 Å². The summed E-state index contributed by atoms with van der Waals surface area (Å²) in [6.45, 7) is 10.1. The number of unbranched alkanes of at least 4 members (excludes halogenated alkanes) is 13. The largest absolute Gasteiger partial charge is 0.307 e. The van der Waals surface area contributed by atoms with E-state index < -0.39 is 0 Å². The summed E-state index contributed by atoms with van der Waals surface area (Å²) in [7, 11) is 0. The molecule has 3 atom stereocenters. The van der Waals surface area contributed by atoms with Gasteiger partial charge in [-0.15, -0.1) is 0 Å². The van der Waals surface area contributed by atoms with Crippen LogP contribution in [0.15, 0.2) is 17.1 Å². The Morgan fingerprint density at radius 3 is 1.97 bits per heavy atom. The van der Waals surface area contributed by atoms with Crippen LogP contribution in [0.4, 0.5) is 0 Å². The van der Waals surface area contributed by atoms with Crippen molar-refractivity contribution in [2.45, 2.75) is 143 Å². The molecule has 0 bridgehead atoms. The number of rotatable bonds is 20. The van der Waals surface area contributed by atoms with Crippen molar-refractivity contribution in [1.29, 1.82) is 0 Å². The summed E-state index contributed by atoms with van der Waals surface area (Å²) in [6, 6.07) is 0. The van der Waals surface area contributed by atoms with Crippen molar-refractivity contribution in [2.24, 2.45) is 4.99 Å². The van der Waals surface area contributed by atoms with Gasteiger partial charge in [-0.2, -0.15) is 0 Å². The van der Waals surface area contributed by atoms with E-state index in [4.69, 9.17) is 4.99 Å². The Morgan fingerprint density at radius 2 is 1.47 bits per heavy atom. The summed E-state index contributed by atoms with van der Waals surface area (Å²) >= 11 is 0. The zero-order valence-electron chi connectivity index (χ0n) is 21.9. The van der Waals surface area contributed by atoms with Gasteiger partial charge in [0.1, 0.15) is 6.54 Å².